The maximum Gasteiger partial charge on any atom is 0.194 e. The highest BCUT2D eigenvalue weighted by atomic mass is 127. The van der Waals surface area contributed by atoms with Gasteiger partial charge >= 0.3 is 0 Å². The van der Waals surface area contributed by atoms with Gasteiger partial charge in [-0.15, -0.1) is 24.0 Å². The number of hydrogen-bond acceptors (Lipinski definition) is 4. The Morgan fingerprint density at radius 1 is 1.03 bits per heavy atom. The van der Waals surface area contributed by atoms with Crippen LogP contribution in [0.2, 0.25) is 0 Å². The first kappa shape index (κ1) is 23.6. The zero-order valence-corrected chi connectivity index (χ0v) is 20.4. The Hall–Kier alpha value is -1.06. The summed E-state index contributed by atoms with van der Waals surface area (Å²) >= 11 is 0. The number of guanidine groups is 1. The molecular formula is C23H36IN3O3. The number of morpholine rings is 1. The summed E-state index contributed by atoms with van der Waals surface area (Å²) in [5.74, 6) is 1.91. The topological polar surface area (TPSA) is 55.3 Å². The number of nitrogens with zero attached hydrogens (tertiary/aromatic N) is 2. The lowest BCUT2D eigenvalue weighted by Gasteiger charge is -2.37. The Balaban J connectivity index is 0.00000256. The number of ether oxygens (including phenoxy) is 3. The maximum absolute atomic E-state index is 6.13. The molecule has 2 aliphatic heterocycles. The summed E-state index contributed by atoms with van der Waals surface area (Å²) in [7, 11) is 1.85. The van der Waals surface area contributed by atoms with E-state index < -0.39 is 0 Å². The molecule has 1 N–H and O–H groups in total. The van der Waals surface area contributed by atoms with Crippen molar-refractivity contribution in [2.45, 2.75) is 69.8 Å². The highest BCUT2D eigenvalue weighted by Crippen LogP contribution is 2.24. The third kappa shape index (κ3) is 6.47. The van der Waals surface area contributed by atoms with E-state index in [1.807, 2.05) is 7.05 Å². The van der Waals surface area contributed by atoms with Crippen LogP contribution in [0, 0.1) is 0 Å². The van der Waals surface area contributed by atoms with Crippen molar-refractivity contribution in [3.63, 3.8) is 0 Å². The minimum absolute atomic E-state index is 0. The fraction of sp³-hybridized carbons (Fsp3) is 0.696. The van der Waals surface area contributed by atoms with Crippen molar-refractivity contribution in [2.75, 3.05) is 33.4 Å². The van der Waals surface area contributed by atoms with Crippen molar-refractivity contribution in [3.05, 3.63) is 29.8 Å². The van der Waals surface area contributed by atoms with Crippen LogP contribution in [-0.2, 0) is 16.0 Å². The standard InChI is InChI=1S/C23H35N3O3.HI/c1-24-23(26-13-15-28-22(17-26)21-8-5-14-27-21)25-16-18-9-11-20(12-10-18)29-19-6-3-2-4-7-19;/h9-12,19,21-22H,2-8,13-17H2,1H3,(H,24,25);1H. The second-order valence-electron chi connectivity index (χ2n) is 8.33. The zero-order valence-electron chi connectivity index (χ0n) is 18.1. The van der Waals surface area contributed by atoms with Crippen molar-refractivity contribution in [3.8, 4) is 5.75 Å². The van der Waals surface area contributed by atoms with Crippen LogP contribution >= 0.6 is 24.0 Å². The molecular weight excluding hydrogens is 493 g/mol. The molecule has 0 radical (unpaired) electrons. The first-order chi connectivity index (χ1) is 14.3. The molecule has 0 aromatic heterocycles. The van der Waals surface area contributed by atoms with Gasteiger partial charge in [-0.3, -0.25) is 4.99 Å². The lowest BCUT2D eigenvalue weighted by atomic mass is 9.98. The smallest absolute Gasteiger partial charge is 0.194 e. The summed E-state index contributed by atoms with van der Waals surface area (Å²) in [6.45, 7) is 4.02. The Kier molecular flexibility index (Phi) is 9.52. The molecule has 3 fully saturated rings. The molecule has 2 atom stereocenters. The highest BCUT2D eigenvalue weighted by Gasteiger charge is 2.32. The predicted octanol–water partition coefficient (Wildman–Crippen LogP) is 3.97. The summed E-state index contributed by atoms with van der Waals surface area (Å²) in [5.41, 5.74) is 1.23. The van der Waals surface area contributed by atoms with E-state index in [1.54, 1.807) is 0 Å². The molecule has 1 aromatic rings. The van der Waals surface area contributed by atoms with E-state index >= 15 is 0 Å². The SMILES string of the molecule is CN=C(NCc1ccc(OC2CCCCC2)cc1)N1CCOC(C2CCCO2)C1.I. The van der Waals surface area contributed by atoms with Gasteiger partial charge in [-0.2, -0.15) is 0 Å². The fourth-order valence-corrected chi connectivity index (χ4v) is 4.56. The second kappa shape index (κ2) is 12.1. The van der Waals surface area contributed by atoms with Gasteiger partial charge in [0, 0.05) is 33.3 Å². The van der Waals surface area contributed by atoms with Gasteiger partial charge in [0.15, 0.2) is 5.96 Å². The van der Waals surface area contributed by atoms with Crippen LogP contribution in [-0.4, -0.2) is 62.5 Å². The normalized spacial score (nSPS) is 25.6. The van der Waals surface area contributed by atoms with Crippen LogP contribution in [0.3, 0.4) is 0 Å². The third-order valence-corrected chi connectivity index (χ3v) is 6.21. The molecule has 4 rings (SSSR count). The number of benzene rings is 1. The van der Waals surface area contributed by atoms with Gasteiger partial charge < -0.3 is 24.4 Å². The fourth-order valence-electron chi connectivity index (χ4n) is 4.56. The van der Waals surface area contributed by atoms with Gasteiger partial charge in [0.25, 0.3) is 0 Å². The van der Waals surface area contributed by atoms with Crippen molar-refractivity contribution in [2.24, 2.45) is 4.99 Å². The molecule has 2 heterocycles. The molecule has 30 heavy (non-hydrogen) atoms. The lowest BCUT2D eigenvalue weighted by molar-refractivity contribution is -0.0817. The molecule has 1 aliphatic carbocycles. The van der Waals surface area contributed by atoms with Gasteiger partial charge in [-0.25, -0.2) is 0 Å². The average molecular weight is 529 g/mol. The number of halogens is 1. The molecule has 2 saturated heterocycles. The first-order valence-electron chi connectivity index (χ1n) is 11.3. The van der Waals surface area contributed by atoms with Gasteiger partial charge in [-0.1, -0.05) is 18.6 Å². The molecule has 1 saturated carbocycles. The minimum atomic E-state index is 0. The number of hydrogen-bond donors (Lipinski definition) is 1. The molecule has 3 aliphatic rings. The van der Waals surface area contributed by atoms with Crippen LogP contribution in [0.1, 0.15) is 50.5 Å². The van der Waals surface area contributed by atoms with Crippen LogP contribution in [0.25, 0.3) is 0 Å². The highest BCUT2D eigenvalue weighted by molar-refractivity contribution is 14.0. The van der Waals surface area contributed by atoms with E-state index in [2.05, 4.69) is 39.5 Å². The van der Waals surface area contributed by atoms with Crippen LogP contribution in [0.4, 0.5) is 0 Å². The molecule has 2 unspecified atom stereocenters. The van der Waals surface area contributed by atoms with Crippen LogP contribution < -0.4 is 10.1 Å². The summed E-state index contributed by atoms with van der Waals surface area (Å²) in [6, 6.07) is 8.48. The van der Waals surface area contributed by atoms with Crippen molar-refractivity contribution >= 4 is 29.9 Å². The first-order valence-corrected chi connectivity index (χ1v) is 11.3. The molecule has 6 nitrogen and oxygen atoms in total. The zero-order chi connectivity index (χ0) is 19.9. The molecule has 7 heteroatoms. The Morgan fingerprint density at radius 2 is 1.80 bits per heavy atom. The molecule has 1 aromatic carbocycles. The maximum atomic E-state index is 6.13. The van der Waals surface area contributed by atoms with E-state index in [4.69, 9.17) is 14.2 Å². The van der Waals surface area contributed by atoms with E-state index in [9.17, 15) is 0 Å². The van der Waals surface area contributed by atoms with E-state index in [0.29, 0.717) is 6.10 Å². The largest absolute Gasteiger partial charge is 0.490 e. The number of aliphatic imine (C=N–C) groups is 1. The minimum Gasteiger partial charge on any atom is -0.490 e. The monoisotopic (exact) mass is 529 g/mol. The third-order valence-electron chi connectivity index (χ3n) is 6.21. The van der Waals surface area contributed by atoms with Gasteiger partial charge in [0.05, 0.1) is 18.8 Å². The summed E-state index contributed by atoms with van der Waals surface area (Å²) < 4.78 is 17.9. The van der Waals surface area contributed by atoms with E-state index in [1.165, 1.54) is 37.7 Å². The van der Waals surface area contributed by atoms with Crippen LogP contribution in [0.5, 0.6) is 5.75 Å². The van der Waals surface area contributed by atoms with Gasteiger partial charge in [0.1, 0.15) is 11.9 Å². The summed E-state index contributed by atoms with van der Waals surface area (Å²) in [6.07, 6.45) is 9.31. The van der Waals surface area contributed by atoms with Gasteiger partial charge in [0.2, 0.25) is 0 Å². The molecule has 0 bridgehead atoms. The Labute approximate surface area is 197 Å². The van der Waals surface area contributed by atoms with Gasteiger partial charge in [-0.05, 0) is 56.2 Å². The molecule has 168 valence electrons. The average Bonchev–Trinajstić information content (AvgIpc) is 3.31. The predicted molar refractivity (Wildman–Crippen MR) is 130 cm³/mol. The van der Waals surface area contributed by atoms with E-state index in [-0.39, 0.29) is 36.2 Å². The summed E-state index contributed by atoms with van der Waals surface area (Å²) in [4.78, 5) is 6.78. The number of nitrogens with one attached hydrogen (secondary N) is 1. The van der Waals surface area contributed by atoms with E-state index in [0.717, 1.165) is 57.4 Å². The molecule has 0 amide bonds. The summed E-state index contributed by atoms with van der Waals surface area (Å²) in [5, 5.41) is 3.51. The Bertz CT molecular complexity index is 658. The Morgan fingerprint density at radius 3 is 2.50 bits per heavy atom. The molecule has 0 spiro atoms. The van der Waals surface area contributed by atoms with Crippen LogP contribution in [0.15, 0.2) is 29.3 Å². The lowest BCUT2D eigenvalue weighted by Crippen LogP contribution is -2.53. The van der Waals surface area contributed by atoms with Crippen molar-refractivity contribution < 1.29 is 14.2 Å². The quantitative estimate of drug-likeness (QED) is 0.356. The van der Waals surface area contributed by atoms with Crippen molar-refractivity contribution in [1.82, 2.24) is 10.2 Å². The second-order valence-corrected chi connectivity index (χ2v) is 8.33. The number of rotatable bonds is 5. The van der Waals surface area contributed by atoms with Crippen molar-refractivity contribution in [1.29, 1.82) is 0 Å².